The molecule has 0 unspecified atom stereocenters. The molecule has 4 amide bonds. The number of aromatic amines is 1. The van der Waals surface area contributed by atoms with E-state index in [1.807, 2.05) is 83.5 Å². The fourth-order valence-electron chi connectivity index (χ4n) is 11.3. The number of amides is 4. The molecule has 9 rings (SSSR count). The summed E-state index contributed by atoms with van der Waals surface area (Å²) in [6.45, 7) is 17.8. The van der Waals surface area contributed by atoms with Gasteiger partial charge >= 0.3 is 0 Å². The number of likely N-dealkylation sites (tertiary alicyclic amines) is 1. The third kappa shape index (κ3) is 14.3. The predicted molar refractivity (Wildman–Crippen MR) is 308 cm³/mol. The van der Waals surface area contributed by atoms with E-state index >= 15 is 0 Å². The van der Waals surface area contributed by atoms with Gasteiger partial charge in [-0.05, 0) is 96.7 Å². The van der Waals surface area contributed by atoms with Gasteiger partial charge in [-0.1, -0.05) is 82.1 Å². The van der Waals surface area contributed by atoms with Crippen LogP contribution in [0.3, 0.4) is 0 Å². The number of thiazole rings is 1. The first-order chi connectivity index (χ1) is 38.0. The molecule has 0 spiro atoms. The number of fused-ring (bicyclic) bond motifs is 1. The lowest BCUT2D eigenvalue weighted by molar-refractivity contribution is -0.144. The monoisotopic (exact) mass is 1100 g/mol. The van der Waals surface area contributed by atoms with Gasteiger partial charge in [0.2, 0.25) is 17.7 Å². The number of hydrogen-bond donors (Lipinski definition) is 5. The molecule has 1 saturated carbocycles. The van der Waals surface area contributed by atoms with Gasteiger partial charge in [0.1, 0.15) is 18.7 Å². The van der Waals surface area contributed by atoms with Crippen LogP contribution in [0.25, 0.3) is 32.5 Å². The van der Waals surface area contributed by atoms with Crippen LogP contribution < -0.4 is 21.5 Å². The van der Waals surface area contributed by atoms with Gasteiger partial charge in [-0.25, -0.2) is 4.98 Å². The van der Waals surface area contributed by atoms with E-state index in [-0.39, 0.29) is 56.6 Å². The Hall–Kier alpha value is -6.54. The van der Waals surface area contributed by atoms with Gasteiger partial charge in [0, 0.05) is 105 Å². The van der Waals surface area contributed by atoms with Gasteiger partial charge in [-0.15, -0.1) is 11.3 Å². The minimum Gasteiger partial charge on any atom is -0.391 e. The molecule has 18 heteroatoms. The van der Waals surface area contributed by atoms with E-state index in [0.29, 0.717) is 30.4 Å². The molecule has 0 bridgehead atoms. The number of benzene rings is 3. The molecule has 1 aliphatic carbocycles. The summed E-state index contributed by atoms with van der Waals surface area (Å²) in [4.78, 5) is 81.9. The highest BCUT2D eigenvalue weighted by Gasteiger charge is 2.44. The predicted octanol–water partition coefficient (Wildman–Crippen LogP) is 7.05. The largest absolute Gasteiger partial charge is 0.391 e. The Bertz CT molecular complexity index is 3150. The van der Waals surface area contributed by atoms with Crippen molar-refractivity contribution in [3.8, 4) is 21.6 Å². The lowest BCUT2D eigenvalue weighted by Gasteiger charge is -2.35. The van der Waals surface area contributed by atoms with Crippen molar-refractivity contribution >= 4 is 45.9 Å². The van der Waals surface area contributed by atoms with Gasteiger partial charge in [0.05, 0.1) is 42.0 Å². The third-order valence-corrected chi connectivity index (χ3v) is 16.7. The number of aliphatic hydroxyl groups is 1. The maximum atomic E-state index is 14.1. The average molecular weight is 1100 g/mol. The molecule has 5 N–H and O–H groups in total. The third-order valence-electron chi connectivity index (χ3n) is 15.7. The van der Waals surface area contributed by atoms with Gasteiger partial charge in [-0.3, -0.25) is 33.8 Å². The van der Waals surface area contributed by atoms with Crippen LogP contribution in [0.4, 0.5) is 0 Å². The number of carbonyl (C=O) groups is 4. The fourth-order valence-corrected chi connectivity index (χ4v) is 12.1. The summed E-state index contributed by atoms with van der Waals surface area (Å²) >= 11 is 1.58. The summed E-state index contributed by atoms with van der Waals surface area (Å²) in [5.74, 6) is -1.45. The van der Waals surface area contributed by atoms with Crippen LogP contribution in [-0.4, -0.2) is 142 Å². The number of nitrogens with one attached hydrogen (secondary N) is 4. The van der Waals surface area contributed by atoms with E-state index in [0.717, 1.165) is 107 Å². The van der Waals surface area contributed by atoms with E-state index in [2.05, 4.69) is 82.9 Å². The van der Waals surface area contributed by atoms with Crippen molar-refractivity contribution in [3.05, 3.63) is 134 Å². The highest BCUT2D eigenvalue weighted by molar-refractivity contribution is 7.13. The van der Waals surface area contributed by atoms with Crippen molar-refractivity contribution in [1.29, 1.82) is 0 Å². The van der Waals surface area contributed by atoms with Crippen molar-refractivity contribution in [2.75, 3.05) is 65.7 Å². The van der Waals surface area contributed by atoms with Gasteiger partial charge in [0.25, 0.3) is 11.5 Å². The van der Waals surface area contributed by atoms with Crippen LogP contribution in [0, 0.1) is 26.2 Å². The van der Waals surface area contributed by atoms with Crippen LogP contribution in [0.2, 0.25) is 0 Å². The topological polar surface area (TPSA) is 203 Å². The van der Waals surface area contributed by atoms with Gasteiger partial charge in [0.15, 0.2) is 0 Å². The van der Waals surface area contributed by atoms with Gasteiger partial charge in [-0.2, -0.15) is 0 Å². The second kappa shape index (κ2) is 25.7. The Morgan fingerprint density at radius 2 is 1.52 bits per heavy atom. The molecule has 2 aliphatic heterocycles. The molecular weight excluding hydrogens is 1020 g/mol. The minimum absolute atomic E-state index is 0.00881. The van der Waals surface area contributed by atoms with E-state index in [4.69, 9.17) is 9.47 Å². The molecule has 0 radical (unpaired) electrons. The quantitative estimate of drug-likeness (QED) is 0.0463. The zero-order valence-corrected chi connectivity index (χ0v) is 47.4. The van der Waals surface area contributed by atoms with Crippen LogP contribution in [0.5, 0.6) is 0 Å². The first-order valence-electron chi connectivity index (χ1n) is 27.9. The van der Waals surface area contributed by atoms with E-state index in [1.54, 1.807) is 11.3 Å². The molecule has 2 saturated heterocycles. The summed E-state index contributed by atoms with van der Waals surface area (Å²) in [7, 11) is 0. The Morgan fingerprint density at radius 3 is 2.22 bits per heavy atom. The summed E-state index contributed by atoms with van der Waals surface area (Å²) in [5.41, 5.74) is 11.0. The number of aromatic nitrogens is 3. The number of ether oxygens (including phenoxy) is 2. The lowest BCUT2D eigenvalue weighted by atomic mass is 9.85. The normalized spacial score (nSPS) is 17.8. The fraction of sp³-hybridized carbons (Fsp3) is 0.475. The number of aliphatic hydroxyl groups excluding tert-OH is 1. The number of hydrogen-bond acceptors (Lipinski definition) is 12. The van der Waals surface area contributed by atoms with Crippen LogP contribution >= 0.6 is 11.3 Å². The number of H-pyrrole nitrogens is 1. The zero-order valence-electron chi connectivity index (χ0n) is 46.6. The van der Waals surface area contributed by atoms with Crippen LogP contribution in [0.15, 0.2) is 89.3 Å². The molecule has 3 aromatic heterocycles. The summed E-state index contributed by atoms with van der Waals surface area (Å²) in [5, 5.41) is 20.4. The van der Waals surface area contributed by atoms with E-state index in [1.165, 1.54) is 23.3 Å². The maximum Gasteiger partial charge on any atom is 0.253 e. The number of rotatable bonds is 21. The van der Waals surface area contributed by atoms with E-state index in [9.17, 15) is 29.1 Å². The van der Waals surface area contributed by atoms with Crippen LogP contribution in [0.1, 0.15) is 103 Å². The highest BCUT2D eigenvalue weighted by atomic mass is 32.1. The molecule has 420 valence electrons. The minimum atomic E-state index is -0.955. The molecule has 3 fully saturated rings. The molecule has 17 nitrogen and oxygen atoms in total. The summed E-state index contributed by atoms with van der Waals surface area (Å²) < 4.78 is 13.9. The Balaban J connectivity index is 0.689. The standard InChI is InChI=1S/C61H77N9O8S/c1-39-29-40(2)65-58(74)51(39)34-63-57(73)50-30-46(31-52-49(50)19-20-69(52)47-9-7-8-10-47)44-15-13-43(14-16-44)35-68-23-21-67(22-24-68)25-26-77-27-28-78-37-54(72)66-56(61(4,5)6)60(76)70-36-48(71)32-53(70)59(75)62-33-42-11-17-45(18-12-42)55-41(3)64-38-79-55/h11-20,29-31,38,47-48,53,56,71H,7-10,21-28,32-37H2,1-6H3,(H,62,75)(H,63,73)(H,65,74)(H,66,72)/t48-,53+,56-/m1/s1. The van der Waals surface area contributed by atoms with Gasteiger partial charge < -0.3 is 45.0 Å². The lowest BCUT2D eigenvalue weighted by Crippen LogP contribution is -2.58. The summed E-state index contributed by atoms with van der Waals surface area (Å²) in [6, 6.07) is 23.3. The van der Waals surface area contributed by atoms with Crippen molar-refractivity contribution in [2.24, 2.45) is 5.41 Å². The van der Waals surface area contributed by atoms with Crippen molar-refractivity contribution in [3.63, 3.8) is 0 Å². The maximum absolute atomic E-state index is 14.1. The first-order valence-corrected chi connectivity index (χ1v) is 28.7. The smallest absolute Gasteiger partial charge is 0.253 e. The number of β-amino-alcohol motifs (C(OH)–C–C–N with tert-alkyl or cyclic N) is 1. The number of piperazine rings is 1. The molecule has 3 aliphatic rings. The first kappa shape index (κ1) is 57.2. The number of aryl methyl sites for hydroxylation is 3. The van der Waals surface area contributed by atoms with E-state index < -0.39 is 35.4 Å². The number of carbonyl (C=O) groups excluding carboxylic acids is 4. The second-order valence-corrected chi connectivity index (χ2v) is 23.5. The average Bonchev–Trinajstić information content (AvgIpc) is 4.42. The molecular formula is C61H77N9O8S. The zero-order chi connectivity index (χ0) is 55.8. The Morgan fingerprint density at radius 1 is 0.823 bits per heavy atom. The SMILES string of the molecule is Cc1cc(C)c(CNC(=O)c2cc(-c3ccc(CN4CCN(CCOCCOCC(=O)N[C@H](C(=O)N5C[C@H](O)C[C@H]5C(=O)NCc5ccc(-c6scnc6C)cc5)C(C)(C)C)CC4)cc3)cc3c2ccn3C2CCCC2)c(=O)[nH]1. The Kier molecular flexibility index (Phi) is 18.6. The highest BCUT2D eigenvalue weighted by Crippen LogP contribution is 2.36. The van der Waals surface area contributed by atoms with Crippen molar-refractivity contribution in [2.45, 2.75) is 118 Å². The molecule has 3 aromatic carbocycles. The Labute approximate surface area is 467 Å². The molecule has 3 atom stereocenters. The second-order valence-electron chi connectivity index (χ2n) is 22.7. The molecule has 79 heavy (non-hydrogen) atoms. The number of pyridine rings is 1. The molecule has 5 heterocycles. The van der Waals surface area contributed by atoms with Crippen molar-refractivity contribution in [1.82, 2.24) is 45.2 Å². The number of nitrogens with zero attached hydrogens (tertiary/aromatic N) is 5. The van der Waals surface area contributed by atoms with Crippen LogP contribution in [-0.2, 0) is 43.5 Å². The summed E-state index contributed by atoms with van der Waals surface area (Å²) in [6.07, 6.45) is 6.02. The molecule has 6 aromatic rings. The van der Waals surface area contributed by atoms with Crippen molar-refractivity contribution < 1.29 is 33.8 Å².